The van der Waals surface area contributed by atoms with Gasteiger partial charge in [-0.3, -0.25) is 20.2 Å². The van der Waals surface area contributed by atoms with Crippen molar-refractivity contribution in [1.82, 2.24) is 0 Å². The van der Waals surface area contributed by atoms with Crippen LogP contribution in [0.2, 0.25) is 10.0 Å². The lowest BCUT2D eigenvalue weighted by molar-refractivity contribution is -2.00. The molecule has 0 bridgehead atoms. The van der Waals surface area contributed by atoms with Gasteiger partial charge in [-0.1, -0.05) is 147 Å². The molecular weight excluding hydrogens is 1260 g/mol. The first-order chi connectivity index (χ1) is 43.4. The molecule has 22 heteroatoms. The fourth-order valence-electron chi connectivity index (χ4n) is 15.8. The van der Waals surface area contributed by atoms with Gasteiger partial charge in [0, 0.05) is 106 Å². The van der Waals surface area contributed by atoms with Gasteiger partial charge in [0.05, 0.1) is 20.7 Å². The highest BCUT2D eigenvalue weighted by molar-refractivity contribution is 6.33. The largest absolute Gasteiger partial charge is 0.347 e. The maximum absolute atomic E-state index is 12.2. The molecular formula is C70H68Cl4N6O12. The zero-order valence-corrected chi connectivity index (χ0v) is 54.6. The third-order valence-electron chi connectivity index (χ3n) is 19.6. The summed E-state index contributed by atoms with van der Waals surface area (Å²) < 4.78 is 72.9. The van der Waals surface area contributed by atoms with Gasteiger partial charge in [0.1, 0.15) is 10.0 Å². The Labute approximate surface area is 547 Å². The molecule has 0 unspecified atom stereocenters. The van der Waals surface area contributed by atoms with Gasteiger partial charge in [0.2, 0.25) is 11.4 Å². The second-order valence-corrected chi connectivity index (χ2v) is 27.8. The number of likely N-dealkylation sites (N-methyl/N-ethyl adjacent to an activating group) is 2. The van der Waals surface area contributed by atoms with Crippen LogP contribution >= 0.6 is 23.2 Å². The fourth-order valence-corrected chi connectivity index (χ4v) is 16.2. The Hall–Kier alpha value is -7.40. The molecule has 7 aromatic rings. The molecule has 7 aromatic carbocycles. The van der Waals surface area contributed by atoms with E-state index in [9.17, 15) is 20.2 Å². The Balaban J connectivity index is 0.000000807. The van der Waals surface area contributed by atoms with Gasteiger partial charge in [-0.2, -0.15) is 9.15 Å². The van der Waals surface area contributed by atoms with Crippen LogP contribution in [0.4, 0.5) is 34.1 Å². The molecule has 13 rings (SSSR count). The van der Waals surface area contributed by atoms with Crippen LogP contribution in [0.1, 0.15) is 125 Å². The predicted molar refractivity (Wildman–Crippen MR) is 335 cm³/mol. The summed E-state index contributed by atoms with van der Waals surface area (Å²) in [5.74, 6) is 0. The lowest BCUT2D eigenvalue weighted by Gasteiger charge is -2.36. The minimum atomic E-state index is -4.94. The standard InChI is InChI=1S/C70H68Cl2N6O4.2ClHO4/c1-67(2)61(23-17-25-63-69(35-13-7-14-36-69)51-39-59(77(79)80)53(71)41-57(51)73(63)5)75(55-33-31-47-19-9-11-21-49(47)65(55)67)43-45-27-29-46(30-28-45)44-76-56-34-32-48-20-10-12-22-50(48)66(56)68(3,4)62(76)24-18-26-64-70(37-15-8-16-38-70)52-40-60(78(81)82)54(72)42-58(52)74(64)6;2*2-1(3,4)5/h9-12,17-34,39-42H,7-8,13-16,35-38,43-44H2,1-6H3;2*(H,2,3,4,5)/q+2;;/p-2. The van der Waals surface area contributed by atoms with Crippen LogP contribution in [0.5, 0.6) is 0 Å². The molecule has 18 nitrogen and oxygen atoms in total. The Morgan fingerprint density at radius 3 is 1.17 bits per heavy atom. The molecule has 0 aromatic heterocycles. The van der Waals surface area contributed by atoms with Gasteiger partial charge in [-0.25, -0.2) is 37.3 Å². The maximum atomic E-state index is 12.2. The van der Waals surface area contributed by atoms with E-state index in [4.69, 9.17) is 60.5 Å². The van der Waals surface area contributed by atoms with Crippen LogP contribution < -0.4 is 47.1 Å². The summed E-state index contributed by atoms with van der Waals surface area (Å²) in [5.41, 5.74) is 14.6. The smallest absolute Gasteiger partial charge is 0.288 e. The molecule has 4 aliphatic heterocycles. The van der Waals surface area contributed by atoms with Crippen LogP contribution in [0.15, 0.2) is 169 Å². The summed E-state index contributed by atoms with van der Waals surface area (Å²) in [4.78, 5) is 28.1. The second-order valence-electron chi connectivity index (χ2n) is 25.5. The zero-order chi connectivity index (χ0) is 66.0. The minimum absolute atomic E-state index is 0.0330. The van der Waals surface area contributed by atoms with Gasteiger partial charge in [-0.05, 0) is 122 Å². The Morgan fingerprint density at radius 2 is 0.837 bits per heavy atom. The SMILES string of the molecule is CN1/C(=C/C=C/C2=[N+](Cc3ccc(C[N+]4=C(/C=C/C=C5/N(C)c6cc(Cl)c([N+](=O)[O-])cc6C56CCCCC6)C(C)(C)c5c4ccc4ccccc54)cc3)c3ccc4ccccc4c3C2(C)C)C2(CCCCC2)c2cc([N+](=O)[O-])c(Cl)cc21.[O-][Cl+3]([O-])([O-])[O-].[O-][Cl+3]([O-])([O-])[O-]. The summed E-state index contributed by atoms with van der Waals surface area (Å²) in [6.45, 7) is 10.7. The number of benzene rings is 7. The summed E-state index contributed by atoms with van der Waals surface area (Å²) >= 11 is 13.2. The average molecular weight is 1330 g/mol. The molecule has 92 heavy (non-hydrogen) atoms. The number of nitro groups is 2. The lowest BCUT2D eigenvalue weighted by Crippen LogP contribution is -2.68. The number of hydrogen-bond acceptors (Lipinski definition) is 14. The average Bonchev–Trinajstić information content (AvgIpc) is 1.59. The summed E-state index contributed by atoms with van der Waals surface area (Å²) in [7, 11) is -5.74. The van der Waals surface area contributed by atoms with Gasteiger partial charge in [-0.15, -0.1) is 20.5 Å². The van der Waals surface area contributed by atoms with E-state index in [0.717, 1.165) is 98.1 Å². The monoisotopic (exact) mass is 1320 g/mol. The number of anilines is 2. The van der Waals surface area contributed by atoms with Gasteiger partial charge < -0.3 is 9.80 Å². The summed E-state index contributed by atoms with van der Waals surface area (Å²) in [6, 6.07) is 42.7. The van der Waals surface area contributed by atoms with Crippen molar-refractivity contribution in [3.05, 3.63) is 233 Å². The number of fused-ring (bicyclic) bond motifs is 10. The van der Waals surface area contributed by atoms with E-state index in [1.807, 2.05) is 0 Å². The van der Waals surface area contributed by atoms with Crippen LogP contribution in [0.25, 0.3) is 21.5 Å². The van der Waals surface area contributed by atoms with Crippen molar-refractivity contribution >= 4 is 90.3 Å². The Kier molecular flexibility index (Phi) is 18.1. The maximum Gasteiger partial charge on any atom is 0.288 e. The number of nitrogens with zero attached hydrogens (tertiary/aromatic N) is 6. The Bertz CT molecular complexity index is 4040. The Morgan fingerprint density at radius 1 is 0.500 bits per heavy atom. The number of rotatable bonds is 10. The fraction of sp³-hybridized carbons (Fsp3) is 0.314. The highest BCUT2D eigenvalue weighted by Gasteiger charge is 2.51. The molecule has 0 amide bonds. The second kappa shape index (κ2) is 25.1. The molecule has 6 aliphatic rings. The third kappa shape index (κ3) is 12.4. The molecule has 2 spiro atoms. The van der Waals surface area contributed by atoms with Crippen LogP contribution in [-0.2, 0) is 34.7 Å². The number of allylic oxidation sites excluding steroid dienone is 8. The minimum Gasteiger partial charge on any atom is -0.347 e. The molecule has 0 saturated heterocycles. The number of hydrogen-bond donors (Lipinski definition) is 0. The molecule has 4 heterocycles. The molecule has 0 atom stereocenters. The number of halogens is 4. The van der Waals surface area contributed by atoms with Crippen LogP contribution in [0, 0.1) is 40.7 Å². The molecule has 0 N–H and O–H groups in total. The normalized spacial score (nSPS) is 19.3. The topological polar surface area (TPSA) is 283 Å². The third-order valence-corrected chi connectivity index (χ3v) is 20.2. The van der Waals surface area contributed by atoms with Crippen LogP contribution in [-0.4, -0.2) is 44.5 Å². The molecule has 2 fully saturated rings. The first-order valence-corrected chi connectivity index (χ1v) is 33.5. The first kappa shape index (κ1) is 66.1. The van der Waals surface area contributed by atoms with E-state index in [1.165, 1.54) is 66.6 Å². The zero-order valence-electron chi connectivity index (χ0n) is 51.6. The van der Waals surface area contributed by atoms with E-state index in [-0.39, 0.29) is 52.9 Å². The molecule has 2 saturated carbocycles. The van der Waals surface area contributed by atoms with Crippen molar-refractivity contribution in [3.63, 3.8) is 0 Å². The van der Waals surface area contributed by atoms with E-state index < -0.39 is 20.5 Å². The van der Waals surface area contributed by atoms with Crippen molar-refractivity contribution in [3.8, 4) is 0 Å². The van der Waals surface area contributed by atoms with Crippen molar-refractivity contribution in [2.75, 3.05) is 23.9 Å². The van der Waals surface area contributed by atoms with Crippen molar-refractivity contribution in [2.45, 2.75) is 127 Å². The van der Waals surface area contributed by atoms with Crippen LogP contribution in [0.3, 0.4) is 0 Å². The van der Waals surface area contributed by atoms with E-state index in [2.05, 4.69) is 194 Å². The molecule has 2 aliphatic carbocycles. The van der Waals surface area contributed by atoms with Gasteiger partial charge >= 0.3 is 0 Å². The van der Waals surface area contributed by atoms with Crippen molar-refractivity contribution in [1.29, 1.82) is 0 Å². The summed E-state index contributed by atoms with van der Waals surface area (Å²) in [6.07, 6.45) is 23.8. The van der Waals surface area contributed by atoms with E-state index in [1.54, 1.807) is 24.3 Å². The molecule has 0 radical (unpaired) electrons. The lowest BCUT2D eigenvalue weighted by atomic mass is 9.68. The summed E-state index contributed by atoms with van der Waals surface area (Å²) in [5, 5.41) is 29.6. The first-order valence-electron chi connectivity index (χ1n) is 30.3. The molecule has 478 valence electrons. The van der Waals surface area contributed by atoms with Crippen molar-refractivity contribution < 1.29 is 76.8 Å². The highest BCUT2D eigenvalue weighted by Crippen LogP contribution is 2.59. The predicted octanol–water partition coefficient (Wildman–Crippen LogP) is 8.34. The quantitative estimate of drug-likeness (QED) is 0.0707. The van der Waals surface area contributed by atoms with Gasteiger partial charge in [0.25, 0.3) is 11.4 Å². The number of nitro benzene ring substituents is 2. The van der Waals surface area contributed by atoms with Crippen molar-refractivity contribution in [2.24, 2.45) is 0 Å². The van der Waals surface area contributed by atoms with Gasteiger partial charge in [0.15, 0.2) is 24.5 Å². The van der Waals surface area contributed by atoms with E-state index in [0.29, 0.717) is 13.1 Å². The highest BCUT2D eigenvalue weighted by atomic mass is 35.7. The van der Waals surface area contributed by atoms with E-state index >= 15 is 0 Å².